The maximum Gasteiger partial charge on any atom is 0.193 e. The molecule has 4 nitrogen and oxygen atoms in total. The lowest BCUT2D eigenvalue weighted by Gasteiger charge is -2.20. The summed E-state index contributed by atoms with van der Waals surface area (Å²) >= 11 is 0. The molecule has 1 aliphatic heterocycles. The van der Waals surface area contributed by atoms with Gasteiger partial charge in [0.25, 0.3) is 0 Å². The maximum absolute atomic E-state index is 5.30. The van der Waals surface area contributed by atoms with Gasteiger partial charge in [0.2, 0.25) is 0 Å². The van der Waals surface area contributed by atoms with Crippen molar-refractivity contribution in [2.45, 2.75) is 33.1 Å². The molecule has 0 aromatic carbocycles. The van der Waals surface area contributed by atoms with Gasteiger partial charge < -0.3 is 15.0 Å². The average Bonchev–Trinajstić information content (AvgIpc) is 2.81. The molecule has 94 valence electrons. The molecule has 0 spiro atoms. The fraction of sp³-hybridized carbons (Fsp3) is 0.917. The minimum absolute atomic E-state index is 0.801. The van der Waals surface area contributed by atoms with Crippen molar-refractivity contribution in [3.05, 3.63) is 0 Å². The van der Waals surface area contributed by atoms with Gasteiger partial charge in [0.15, 0.2) is 5.96 Å². The zero-order chi connectivity index (χ0) is 11.6. The Kier molecular flexibility index (Phi) is 6.97. The summed E-state index contributed by atoms with van der Waals surface area (Å²) in [5, 5.41) is 3.35. The quantitative estimate of drug-likeness (QED) is 0.424. The Morgan fingerprint density at radius 2 is 2.06 bits per heavy atom. The molecule has 0 aromatic rings. The van der Waals surface area contributed by atoms with Gasteiger partial charge >= 0.3 is 0 Å². The third kappa shape index (κ3) is 4.84. The predicted octanol–water partition coefficient (Wildman–Crippen LogP) is 1.47. The Morgan fingerprint density at radius 3 is 2.69 bits per heavy atom. The monoisotopic (exact) mass is 227 g/mol. The van der Waals surface area contributed by atoms with Crippen LogP contribution in [0.5, 0.6) is 0 Å². The second kappa shape index (κ2) is 8.39. The number of hydrogen-bond donors (Lipinski definition) is 1. The van der Waals surface area contributed by atoms with Gasteiger partial charge in [0.1, 0.15) is 0 Å². The number of guanidine groups is 1. The van der Waals surface area contributed by atoms with Crippen LogP contribution in [-0.2, 0) is 4.74 Å². The van der Waals surface area contributed by atoms with Crippen molar-refractivity contribution in [3.63, 3.8) is 0 Å². The second-order valence-corrected chi connectivity index (χ2v) is 3.98. The Hall–Kier alpha value is -0.770. The van der Waals surface area contributed by atoms with E-state index in [4.69, 9.17) is 4.74 Å². The number of ether oxygens (including phenoxy) is 1. The van der Waals surface area contributed by atoms with Crippen molar-refractivity contribution in [1.29, 1.82) is 0 Å². The summed E-state index contributed by atoms with van der Waals surface area (Å²) in [4.78, 5) is 6.97. The zero-order valence-electron chi connectivity index (χ0n) is 10.7. The molecule has 4 heteroatoms. The first-order valence-electron chi connectivity index (χ1n) is 6.49. The molecule has 0 aromatic heterocycles. The molecule has 0 bridgehead atoms. The number of rotatable bonds is 6. The van der Waals surface area contributed by atoms with E-state index in [0.717, 1.165) is 51.8 Å². The Bertz CT molecular complexity index is 200. The van der Waals surface area contributed by atoms with Gasteiger partial charge in [-0.3, -0.25) is 4.99 Å². The number of likely N-dealkylation sites (tertiary alicyclic amines) is 1. The first kappa shape index (κ1) is 13.3. The molecular weight excluding hydrogens is 202 g/mol. The predicted molar refractivity (Wildman–Crippen MR) is 67.9 cm³/mol. The summed E-state index contributed by atoms with van der Waals surface area (Å²) in [7, 11) is 0. The van der Waals surface area contributed by atoms with Crippen LogP contribution in [0.2, 0.25) is 0 Å². The van der Waals surface area contributed by atoms with E-state index in [1.54, 1.807) is 0 Å². The van der Waals surface area contributed by atoms with Gasteiger partial charge in [0.05, 0.1) is 0 Å². The lowest BCUT2D eigenvalue weighted by Crippen LogP contribution is -2.39. The summed E-state index contributed by atoms with van der Waals surface area (Å²) in [6.07, 6.45) is 3.60. The lowest BCUT2D eigenvalue weighted by molar-refractivity contribution is 0.146. The van der Waals surface area contributed by atoms with E-state index in [-0.39, 0.29) is 0 Å². The van der Waals surface area contributed by atoms with E-state index in [2.05, 4.69) is 22.1 Å². The molecule has 0 saturated carbocycles. The van der Waals surface area contributed by atoms with E-state index < -0.39 is 0 Å². The zero-order valence-corrected chi connectivity index (χ0v) is 10.7. The van der Waals surface area contributed by atoms with E-state index in [9.17, 15) is 0 Å². The summed E-state index contributed by atoms with van der Waals surface area (Å²) < 4.78 is 5.30. The van der Waals surface area contributed by atoms with Crippen LogP contribution in [0, 0.1) is 0 Å². The van der Waals surface area contributed by atoms with Gasteiger partial charge in [-0.15, -0.1) is 0 Å². The minimum Gasteiger partial charge on any atom is -0.382 e. The van der Waals surface area contributed by atoms with Crippen molar-refractivity contribution in [2.24, 2.45) is 4.99 Å². The molecule has 0 aliphatic carbocycles. The number of aliphatic imine (C=N–C) groups is 1. The molecule has 1 N–H and O–H groups in total. The van der Waals surface area contributed by atoms with Crippen molar-refractivity contribution in [1.82, 2.24) is 10.2 Å². The Balaban J connectivity index is 2.27. The third-order valence-electron chi connectivity index (χ3n) is 2.65. The molecule has 0 radical (unpaired) electrons. The molecular formula is C12H25N3O. The van der Waals surface area contributed by atoms with E-state index in [1.807, 2.05) is 6.92 Å². The smallest absolute Gasteiger partial charge is 0.193 e. The molecule has 1 heterocycles. The molecule has 1 rings (SSSR count). The molecule has 1 fully saturated rings. The fourth-order valence-corrected chi connectivity index (χ4v) is 1.85. The Morgan fingerprint density at radius 1 is 1.31 bits per heavy atom. The Labute approximate surface area is 99.1 Å². The highest BCUT2D eigenvalue weighted by Gasteiger charge is 2.14. The SMILES string of the molecule is CCNC(=NCCCOCC)N1CCCC1. The molecule has 1 saturated heterocycles. The number of nitrogens with one attached hydrogen (secondary N) is 1. The average molecular weight is 227 g/mol. The highest BCUT2D eigenvalue weighted by molar-refractivity contribution is 5.80. The normalized spacial score (nSPS) is 16.9. The third-order valence-corrected chi connectivity index (χ3v) is 2.65. The summed E-state index contributed by atoms with van der Waals surface area (Å²) in [6.45, 7) is 9.87. The molecule has 1 aliphatic rings. The molecule has 0 unspecified atom stereocenters. The molecule has 0 atom stereocenters. The number of hydrogen-bond acceptors (Lipinski definition) is 2. The van der Waals surface area contributed by atoms with Crippen molar-refractivity contribution < 1.29 is 4.74 Å². The van der Waals surface area contributed by atoms with Gasteiger partial charge in [-0.1, -0.05) is 0 Å². The first-order valence-corrected chi connectivity index (χ1v) is 6.49. The second-order valence-electron chi connectivity index (χ2n) is 3.98. The molecule has 16 heavy (non-hydrogen) atoms. The van der Waals surface area contributed by atoms with Crippen molar-refractivity contribution in [2.75, 3.05) is 39.4 Å². The van der Waals surface area contributed by atoms with Gasteiger partial charge in [-0.2, -0.15) is 0 Å². The van der Waals surface area contributed by atoms with E-state index >= 15 is 0 Å². The van der Waals surface area contributed by atoms with Crippen LogP contribution in [0.3, 0.4) is 0 Å². The van der Waals surface area contributed by atoms with Crippen LogP contribution >= 0.6 is 0 Å². The van der Waals surface area contributed by atoms with Gasteiger partial charge in [-0.05, 0) is 33.1 Å². The molecule has 0 amide bonds. The van der Waals surface area contributed by atoms with Crippen LogP contribution in [0.1, 0.15) is 33.1 Å². The summed E-state index contributed by atoms with van der Waals surface area (Å²) in [5.74, 6) is 1.08. The van der Waals surface area contributed by atoms with Crippen LogP contribution in [-0.4, -0.2) is 50.3 Å². The highest BCUT2D eigenvalue weighted by atomic mass is 16.5. The first-order chi connectivity index (χ1) is 7.88. The lowest BCUT2D eigenvalue weighted by atomic mass is 10.4. The van der Waals surface area contributed by atoms with E-state index in [1.165, 1.54) is 12.8 Å². The largest absolute Gasteiger partial charge is 0.382 e. The topological polar surface area (TPSA) is 36.9 Å². The highest BCUT2D eigenvalue weighted by Crippen LogP contribution is 2.07. The maximum atomic E-state index is 5.30. The summed E-state index contributed by atoms with van der Waals surface area (Å²) in [5.41, 5.74) is 0. The van der Waals surface area contributed by atoms with Crippen LogP contribution < -0.4 is 5.32 Å². The van der Waals surface area contributed by atoms with Crippen LogP contribution in [0.4, 0.5) is 0 Å². The van der Waals surface area contributed by atoms with Crippen LogP contribution in [0.15, 0.2) is 4.99 Å². The van der Waals surface area contributed by atoms with Gasteiger partial charge in [0, 0.05) is 39.4 Å². The standard InChI is InChI=1S/C12H25N3O/c1-3-13-12(15-9-5-6-10-15)14-8-7-11-16-4-2/h3-11H2,1-2H3,(H,13,14). The van der Waals surface area contributed by atoms with Crippen molar-refractivity contribution in [3.8, 4) is 0 Å². The van der Waals surface area contributed by atoms with Crippen molar-refractivity contribution >= 4 is 5.96 Å². The van der Waals surface area contributed by atoms with E-state index in [0.29, 0.717) is 0 Å². The minimum atomic E-state index is 0.801. The number of nitrogens with zero attached hydrogens (tertiary/aromatic N) is 2. The fourth-order valence-electron chi connectivity index (χ4n) is 1.85. The van der Waals surface area contributed by atoms with Crippen LogP contribution in [0.25, 0.3) is 0 Å². The van der Waals surface area contributed by atoms with Gasteiger partial charge in [-0.25, -0.2) is 0 Å². The summed E-state index contributed by atoms with van der Waals surface area (Å²) in [6, 6.07) is 0.